The first-order valence-corrected chi connectivity index (χ1v) is 5.98. The molecule has 1 aliphatic rings. The number of nitrogens with one attached hydrogen (secondary N) is 2. The van der Waals surface area contributed by atoms with Gasteiger partial charge in [0.1, 0.15) is 0 Å². The lowest BCUT2D eigenvalue weighted by atomic mass is 10.0. The number of urea groups is 1. The van der Waals surface area contributed by atoms with Crippen LogP contribution in [0.1, 0.15) is 32.6 Å². The van der Waals surface area contributed by atoms with Crippen molar-refractivity contribution in [2.45, 2.75) is 38.2 Å². The highest BCUT2D eigenvalue weighted by Crippen LogP contribution is 2.28. The molecule has 1 saturated carbocycles. The summed E-state index contributed by atoms with van der Waals surface area (Å²) in [6.45, 7) is 3.93. The first-order valence-electron chi connectivity index (χ1n) is 5.98. The van der Waals surface area contributed by atoms with E-state index in [2.05, 4.69) is 10.6 Å². The summed E-state index contributed by atoms with van der Waals surface area (Å²) < 4.78 is 5.09. The number of rotatable bonds is 6. The maximum absolute atomic E-state index is 11.3. The van der Waals surface area contributed by atoms with Crippen LogP contribution >= 0.6 is 0 Å². The lowest BCUT2D eigenvalue weighted by Gasteiger charge is -2.22. The number of carbonyl (C=O) groups excluding carboxylic acids is 1. The first kappa shape index (κ1) is 13.3. The molecule has 5 nitrogen and oxygen atoms in total. The number of amides is 2. The third-order valence-corrected chi connectivity index (χ3v) is 2.85. The second-order valence-electron chi connectivity index (χ2n) is 4.24. The maximum atomic E-state index is 11.3. The Hall–Kier alpha value is -0.810. The predicted molar refractivity (Wildman–Crippen MR) is 61.3 cm³/mol. The first-order chi connectivity index (χ1) is 7.66. The normalized spacial score (nSPS) is 18.4. The van der Waals surface area contributed by atoms with Crippen LogP contribution < -0.4 is 10.6 Å². The van der Waals surface area contributed by atoms with E-state index in [1.54, 1.807) is 0 Å². The standard InChI is InChI=1S/C11H22N2O3/c1-2-16-8-7-12-10(14)13-9-11(15)5-3-4-6-11/h15H,2-9H2,1H3,(H2,12,13,14). The average molecular weight is 230 g/mol. The van der Waals surface area contributed by atoms with Gasteiger partial charge >= 0.3 is 6.03 Å². The van der Waals surface area contributed by atoms with Crippen molar-refractivity contribution < 1.29 is 14.6 Å². The fourth-order valence-electron chi connectivity index (χ4n) is 1.90. The van der Waals surface area contributed by atoms with Gasteiger partial charge in [0.15, 0.2) is 0 Å². The van der Waals surface area contributed by atoms with Gasteiger partial charge in [-0.3, -0.25) is 0 Å². The lowest BCUT2D eigenvalue weighted by Crippen LogP contribution is -2.45. The predicted octanol–water partition coefficient (Wildman–Crippen LogP) is 0.627. The summed E-state index contributed by atoms with van der Waals surface area (Å²) in [5.74, 6) is 0. The molecule has 0 atom stereocenters. The van der Waals surface area contributed by atoms with Gasteiger partial charge in [0.2, 0.25) is 0 Å². The number of carbonyl (C=O) groups is 1. The van der Waals surface area contributed by atoms with Crippen molar-refractivity contribution in [1.82, 2.24) is 10.6 Å². The van der Waals surface area contributed by atoms with Crippen LogP contribution in [0.25, 0.3) is 0 Å². The number of aliphatic hydroxyl groups is 1. The van der Waals surface area contributed by atoms with Gasteiger partial charge in [0.05, 0.1) is 12.2 Å². The van der Waals surface area contributed by atoms with Crippen molar-refractivity contribution in [3.05, 3.63) is 0 Å². The molecule has 0 radical (unpaired) electrons. The van der Waals surface area contributed by atoms with E-state index in [1.807, 2.05) is 6.92 Å². The van der Waals surface area contributed by atoms with Crippen molar-refractivity contribution in [2.75, 3.05) is 26.3 Å². The molecule has 0 aromatic heterocycles. The van der Waals surface area contributed by atoms with Crippen molar-refractivity contribution in [3.8, 4) is 0 Å². The molecular formula is C11H22N2O3. The van der Waals surface area contributed by atoms with E-state index in [-0.39, 0.29) is 6.03 Å². The van der Waals surface area contributed by atoms with Crippen molar-refractivity contribution in [3.63, 3.8) is 0 Å². The van der Waals surface area contributed by atoms with Gasteiger partial charge in [-0.2, -0.15) is 0 Å². The second-order valence-corrected chi connectivity index (χ2v) is 4.24. The smallest absolute Gasteiger partial charge is 0.314 e. The fraction of sp³-hybridized carbons (Fsp3) is 0.909. The molecule has 0 saturated heterocycles. The van der Waals surface area contributed by atoms with E-state index in [1.165, 1.54) is 0 Å². The molecule has 0 spiro atoms. The number of ether oxygens (including phenoxy) is 1. The molecule has 2 amide bonds. The molecule has 0 aromatic rings. The zero-order chi connectivity index (χ0) is 11.9. The topological polar surface area (TPSA) is 70.6 Å². The molecule has 94 valence electrons. The van der Waals surface area contributed by atoms with Gasteiger partial charge in [-0.05, 0) is 19.8 Å². The monoisotopic (exact) mass is 230 g/mol. The molecule has 0 heterocycles. The SMILES string of the molecule is CCOCCNC(=O)NCC1(O)CCCC1. The maximum Gasteiger partial charge on any atom is 0.314 e. The third kappa shape index (κ3) is 4.81. The Kier molecular flexibility index (Phi) is 5.55. The minimum Gasteiger partial charge on any atom is -0.388 e. The van der Waals surface area contributed by atoms with Crippen molar-refractivity contribution in [1.29, 1.82) is 0 Å². The number of hydrogen-bond acceptors (Lipinski definition) is 3. The van der Waals surface area contributed by atoms with E-state index >= 15 is 0 Å². The van der Waals surface area contributed by atoms with Crippen LogP contribution in [0.5, 0.6) is 0 Å². The van der Waals surface area contributed by atoms with E-state index in [9.17, 15) is 9.90 Å². The quantitative estimate of drug-likeness (QED) is 0.586. The second kappa shape index (κ2) is 6.70. The van der Waals surface area contributed by atoms with E-state index in [0.29, 0.717) is 26.3 Å². The Bertz CT molecular complexity index is 215. The zero-order valence-corrected chi connectivity index (χ0v) is 9.92. The van der Waals surface area contributed by atoms with Gasteiger partial charge in [-0.25, -0.2) is 4.79 Å². The summed E-state index contributed by atoms with van der Waals surface area (Å²) in [6, 6.07) is -0.236. The van der Waals surface area contributed by atoms with Gasteiger partial charge < -0.3 is 20.5 Å². The molecule has 16 heavy (non-hydrogen) atoms. The Balaban J connectivity index is 2.05. The van der Waals surface area contributed by atoms with Gasteiger partial charge in [0, 0.05) is 19.7 Å². The van der Waals surface area contributed by atoms with E-state index in [0.717, 1.165) is 25.7 Å². The van der Waals surface area contributed by atoms with Crippen LogP contribution in [0.4, 0.5) is 4.79 Å². The molecule has 0 bridgehead atoms. The largest absolute Gasteiger partial charge is 0.388 e. The molecule has 1 rings (SSSR count). The van der Waals surface area contributed by atoms with E-state index < -0.39 is 5.60 Å². The summed E-state index contributed by atoms with van der Waals surface area (Å²) in [7, 11) is 0. The molecule has 1 aliphatic carbocycles. The van der Waals surface area contributed by atoms with Crippen LogP contribution in [0, 0.1) is 0 Å². The minimum atomic E-state index is -0.683. The Labute approximate surface area is 96.6 Å². The summed E-state index contributed by atoms with van der Waals surface area (Å²) >= 11 is 0. The van der Waals surface area contributed by atoms with E-state index in [4.69, 9.17) is 4.74 Å². The van der Waals surface area contributed by atoms with Crippen LogP contribution in [-0.2, 0) is 4.74 Å². The molecule has 5 heteroatoms. The fourth-order valence-corrected chi connectivity index (χ4v) is 1.90. The number of hydrogen-bond donors (Lipinski definition) is 3. The summed E-state index contributed by atoms with van der Waals surface area (Å²) in [5, 5.41) is 15.3. The summed E-state index contributed by atoms with van der Waals surface area (Å²) in [6.07, 6.45) is 3.66. The van der Waals surface area contributed by atoms with Gasteiger partial charge in [-0.1, -0.05) is 12.8 Å². The molecular weight excluding hydrogens is 208 g/mol. The molecule has 0 unspecified atom stereocenters. The lowest BCUT2D eigenvalue weighted by molar-refractivity contribution is 0.0500. The molecule has 0 aromatic carbocycles. The zero-order valence-electron chi connectivity index (χ0n) is 9.92. The summed E-state index contributed by atoms with van der Waals surface area (Å²) in [4.78, 5) is 11.3. The van der Waals surface area contributed by atoms with Crippen LogP contribution in [-0.4, -0.2) is 43.0 Å². The van der Waals surface area contributed by atoms with Crippen LogP contribution in [0.3, 0.4) is 0 Å². The van der Waals surface area contributed by atoms with Gasteiger partial charge in [-0.15, -0.1) is 0 Å². The summed E-state index contributed by atoms with van der Waals surface area (Å²) in [5.41, 5.74) is -0.683. The Morgan fingerprint density at radius 3 is 2.69 bits per heavy atom. The average Bonchev–Trinajstić information content (AvgIpc) is 2.70. The molecule has 3 N–H and O–H groups in total. The highest BCUT2D eigenvalue weighted by molar-refractivity contribution is 5.73. The Morgan fingerprint density at radius 1 is 1.38 bits per heavy atom. The van der Waals surface area contributed by atoms with Crippen LogP contribution in [0.15, 0.2) is 0 Å². The molecule has 0 aliphatic heterocycles. The van der Waals surface area contributed by atoms with Crippen molar-refractivity contribution >= 4 is 6.03 Å². The Morgan fingerprint density at radius 2 is 2.06 bits per heavy atom. The highest BCUT2D eigenvalue weighted by Gasteiger charge is 2.31. The van der Waals surface area contributed by atoms with Crippen LogP contribution in [0.2, 0.25) is 0 Å². The van der Waals surface area contributed by atoms with Crippen molar-refractivity contribution in [2.24, 2.45) is 0 Å². The highest BCUT2D eigenvalue weighted by atomic mass is 16.5. The molecule has 1 fully saturated rings. The van der Waals surface area contributed by atoms with Gasteiger partial charge in [0.25, 0.3) is 0 Å². The third-order valence-electron chi connectivity index (χ3n) is 2.85. The minimum absolute atomic E-state index is 0.236.